The lowest BCUT2D eigenvalue weighted by atomic mass is 10.2. The molecular weight excluding hydrogens is 268 g/mol. The molecule has 2 aromatic rings. The highest BCUT2D eigenvalue weighted by Gasteiger charge is 2.10. The summed E-state index contributed by atoms with van der Waals surface area (Å²) < 4.78 is 11.2. The summed E-state index contributed by atoms with van der Waals surface area (Å²) in [4.78, 5) is 11.6. The Bertz CT molecular complexity index is 614. The van der Waals surface area contributed by atoms with E-state index in [-0.39, 0.29) is 5.91 Å². The standard InChI is InChI=1S/C16H18N2O3/c1-12-5-4-6-13(11-12)20-9-10-21-15-8-3-2-7-14(15)16(19)18-17/h2-8,11H,9-10,17H2,1H3,(H,18,19). The SMILES string of the molecule is Cc1cccc(OCCOc2ccccc2C(=O)NN)c1. The molecule has 21 heavy (non-hydrogen) atoms. The Labute approximate surface area is 123 Å². The summed E-state index contributed by atoms with van der Waals surface area (Å²) in [5.74, 6) is 6.03. The number of carbonyl (C=O) groups is 1. The summed E-state index contributed by atoms with van der Waals surface area (Å²) in [5, 5.41) is 0. The van der Waals surface area contributed by atoms with Crippen molar-refractivity contribution in [3.63, 3.8) is 0 Å². The van der Waals surface area contributed by atoms with Crippen molar-refractivity contribution in [2.45, 2.75) is 6.92 Å². The first-order valence-electron chi connectivity index (χ1n) is 6.63. The zero-order chi connectivity index (χ0) is 15.1. The van der Waals surface area contributed by atoms with Gasteiger partial charge in [0.15, 0.2) is 0 Å². The Morgan fingerprint density at radius 3 is 2.62 bits per heavy atom. The van der Waals surface area contributed by atoms with E-state index in [1.807, 2.05) is 31.2 Å². The van der Waals surface area contributed by atoms with Gasteiger partial charge in [0.2, 0.25) is 0 Å². The Morgan fingerprint density at radius 1 is 1.10 bits per heavy atom. The number of nitrogen functional groups attached to an aromatic ring is 1. The first-order chi connectivity index (χ1) is 10.2. The Hall–Kier alpha value is -2.53. The van der Waals surface area contributed by atoms with Crippen LogP contribution in [-0.2, 0) is 0 Å². The van der Waals surface area contributed by atoms with Gasteiger partial charge in [-0.2, -0.15) is 0 Å². The van der Waals surface area contributed by atoms with E-state index in [4.69, 9.17) is 15.3 Å². The zero-order valence-electron chi connectivity index (χ0n) is 11.8. The van der Waals surface area contributed by atoms with Crippen LogP contribution in [0.25, 0.3) is 0 Å². The molecule has 0 spiro atoms. The van der Waals surface area contributed by atoms with E-state index in [1.165, 1.54) is 0 Å². The van der Waals surface area contributed by atoms with Crippen molar-refractivity contribution in [1.82, 2.24) is 5.43 Å². The van der Waals surface area contributed by atoms with Crippen LogP contribution in [0.2, 0.25) is 0 Å². The van der Waals surface area contributed by atoms with Crippen LogP contribution >= 0.6 is 0 Å². The van der Waals surface area contributed by atoms with Crippen molar-refractivity contribution in [2.75, 3.05) is 13.2 Å². The smallest absolute Gasteiger partial charge is 0.268 e. The molecule has 110 valence electrons. The van der Waals surface area contributed by atoms with Gasteiger partial charge in [0.25, 0.3) is 5.91 Å². The summed E-state index contributed by atoms with van der Waals surface area (Å²) in [6.45, 7) is 2.73. The molecule has 0 heterocycles. The highest BCUT2D eigenvalue weighted by Crippen LogP contribution is 2.18. The van der Waals surface area contributed by atoms with Crippen LogP contribution in [0.5, 0.6) is 11.5 Å². The molecular formula is C16H18N2O3. The molecule has 0 saturated carbocycles. The summed E-state index contributed by atoms with van der Waals surface area (Å²) in [5.41, 5.74) is 3.63. The van der Waals surface area contributed by atoms with Gasteiger partial charge in [-0.3, -0.25) is 10.2 Å². The van der Waals surface area contributed by atoms with Gasteiger partial charge in [0.1, 0.15) is 24.7 Å². The third-order valence-electron chi connectivity index (χ3n) is 2.86. The van der Waals surface area contributed by atoms with Crippen LogP contribution in [0.3, 0.4) is 0 Å². The maximum Gasteiger partial charge on any atom is 0.268 e. The van der Waals surface area contributed by atoms with Gasteiger partial charge in [-0.1, -0.05) is 24.3 Å². The number of hydrazine groups is 1. The molecule has 0 aliphatic rings. The van der Waals surface area contributed by atoms with Gasteiger partial charge >= 0.3 is 0 Å². The number of aryl methyl sites for hydroxylation is 1. The lowest BCUT2D eigenvalue weighted by Crippen LogP contribution is -2.30. The van der Waals surface area contributed by atoms with Crippen LogP contribution in [-0.4, -0.2) is 19.1 Å². The first kappa shape index (κ1) is 14.9. The molecule has 3 N–H and O–H groups in total. The number of amides is 1. The summed E-state index contributed by atoms with van der Waals surface area (Å²) in [7, 11) is 0. The highest BCUT2D eigenvalue weighted by molar-refractivity contribution is 5.96. The summed E-state index contributed by atoms with van der Waals surface area (Å²) in [6, 6.07) is 14.7. The predicted molar refractivity (Wildman–Crippen MR) is 80.3 cm³/mol. The van der Waals surface area contributed by atoms with Gasteiger partial charge in [-0.05, 0) is 36.8 Å². The van der Waals surface area contributed by atoms with Crippen molar-refractivity contribution in [3.05, 3.63) is 59.7 Å². The number of carbonyl (C=O) groups excluding carboxylic acids is 1. The molecule has 0 bridgehead atoms. The molecule has 0 radical (unpaired) electrons. The molecule has 2 rings (SSSR count). The predicted octanol–water partition coefficient (Wildman–Crippen LogP) is 2.06. The molecule has 0 aliphatic heterocycles. The average Bonchev–Trinajstić information content (AvgIpc) is 2.51. The van der Waals surface area contributed by atoms with E-state index in [2.05, 4.69) is 5.43 Å². The lowest BCUT2D eigenvalue weighted by Gasteiger charge is -2.11. The number of hydrogen-bond donors (Lipinski definition) is 2. The summed E-state index contributed by atoms with van der Waals surface area (Å²) in [6.07, 6.45) is 0. The molecule has 2 aromatic carbocycles. The maximum absolute atomic E-state index is 11.6. The van der Waals surface area contributed by atoms with Crippen molar-refractivity contribution >= 4 is 5.91 Å². The van der Waals surface area contributed by atoms with Crippen LogP contribution in [0.4, 0.5) is 0 Å². The summed E-state index contributed by atoms with van der Waals surface area (Å²) >= 11 is 0. The van der Waals surface area contributed by atoms with E-state index in [1.54, 1.807) is 24.3 Å². The van der Waals surface area contributed by atoms with Gasteiger partial charge in [-0.15, -0.1) is 0 Å². The van der Waals surface area contributed by atoms with E-state index < -0.39 is 0 Å². The fourth-order valence-corrected chi connectivity index (χ4v) is 1.87. The number of benzene rings is 2. The highest BCUT2D eigenvalue weighted by atomic mass is 16.5. The number of para-hydroxylation sites is 1. The number of rotatable bonds is 6. The molecule has 5 heteroatoms. The van der Waals surface area contributed by atoms with Gasteiger partial charge in [0.05, 0.1) is 5.56 Å². The monoisotopic (exact) mass is 286 g/mol. The largest absolute Gasteiger partial charge is 0.490 e. The van der Waals surface area contributed by atoms with Gasteiger partial charge in [-0.25, -0.2) is 5.84 Å². The van der Waals surface area contributed by atoms with Crippen LogP contribution in [0.15, 0.2) is 48.5 Å². The van der Waals surface area contributed by atoms with E-state index in [0.717, 1.165) is 11.3 Å². The van der Waals surface area contributed by atoms with Crippen molar-refractivity contribution in [1.29, 1.82) is 0 Å². The van der Waals surface area contributed by atoms with E-state index in [0.29, 0.717) is 24.5 Å². The molecule has 0 atom stereocenters. The minimum atomic E-state index is -0.384. The molecule has 1 amide bonds. The van der Waals surface area contributed by atoms with Gasteiger partial charge in [0, 0.05) is 0 Å². The molecule has 0 unspecified atom stereocenters. The van der Waals surface area contributed by atoms with Crippen molar-refractivity contribution < 1.29 is 14.3 Å². The van der Waals surface area contributed by atoms with Crippen LogP contribution < -0.4 is 20.7 Å². The quantitative estimate of drug-likeness (QED) is 0.369. The molecule has 0 aromatic heterocycles. The zero-order valence-corrected chi connectivity index (χ0v) is 11.8. The lowest BCUT2D eigenvalue weighted by molar-refractivity contribution is 0.0948. The van der Waals surface area contributed by atoms with Gasteiger partial charge < -0.3 is 9.47 Å². The minimum absolute atomic E-state index is 0.336. The Balaban J connectivity index is 1.88. The maximum atomic E-state index is 11.6. The second kappa shape index (κ2) is 7.31. The second-order valence-corrected chi connectivity index (χ2v) is 4.48. The van der Waals surface area contributed by atoms with Crippen LogP contribution in [0, 0.1) is 6.92 Å². The molecule has 0 fully saturated rings. The van der Waals surface area contributed by atoms with E-state index >= 15 is 0 Å². The topological polar surface area (TPSA) is 73.6 Å². The fourth-order valence-electron chi connectivity index (χ4n) is 1.87. The molecule has 0 saturated heterocycles. The first-order valence-corrected chi connectivity index (χ1v) is 6.63. The Morgan fingerprint density at radius 2 is 1.86 bits per heavy atom. The third kappa shape index (κ3) is 4.22. The average molecular weight is 286 g/mol. The van der Waals surface area contributed by atoms with Crippen molar-refractivity contribution in [3.8, 4) is 11.5 Å². The molecule has 5 nitrogen and oxygen atoms in total. The number of ether oxygens (including phenoxy) is 2. The minimum Gasteiger partial charge on any atom is -0.490 e. The molecule has 0 aliphatic carbocycles. The van der Waals surface area contributed by atoms with E-state index in [9.17, 15) is 4.79 Å². The third-order valence-corrected chi connectivity index (χ3v) is 2.86. The second-order valence-electron chi connectivity index (χ2n) is 4.48. The van der Waals surface area contributed by atoms with Crippen molar-refractivity contribution in [2.24, 2.45) is 5.84 Å². The number of hydrogen-bond acceptors (Lipinski definition) is 4. The number of nitrogens with one attached hydrogen (secondary N) is 1. The normalized spacial score (nSPS) is 10.0. The number of nitrogens with two attached hydrogens (primary N) is 1. The van der Waals surface area contributed by atoms with Crippen LogP contribution in [0.1, 0.15) is 15.9 Å². The fraction of sp³-hybridized carbons (Fsp3) is 0.188. The Kier molecular flexibility index (Phi) is 5.17.